The molecule has 1 aromatic carbocycles. The van der Waals surface area contributed by atoms with Crippen LogP contribution in [0.25, 0.3) is 0 Å². The first-order chi connectivity index (χ1) is 12.3. The Morgan fingerprint density at radius 1 is 1.46 bits per heavy atom. The van der Waals surface area contributed by atoms with Crippen molar-refractivity contribution in [2.24, 2.45) is 0 Å². The molecule has 1 unspecified atom stereocenters. The minimum atomic E-state index is -0.773. The van der Waals surface area contributed by atoms with Gasteiger partial charge in [-0.05, 0) is 12.1 Å². The van der Waals surface area contributed by atoms with Gasteiger partial charge in [-0.25, -0.2) is 4.39 Å². The number of carbonyl (C=O) groups excluding carboxylic acids is 3. The van der Waals surface area contributed by atoms with Crippen molar-refractivity contribution >= 4 is 29.4 Å². The third-order valence-electron chi connectivity index (χ3n) is 4.25. The second-order valence-electron chi connectivity index (χ2n) is 6.01. The van der Waals surface area contributed by atoms with E-state index in [0.29, 0.717) is 13.1 Å². The van der Waals surface area contributed by atoms with E-state index in [1.807, 2.05) is 0 Å². The summed E-state index contributed by atoms with van der Waals surface area (Å²) in [6.45, 7) is 0.740. The van der Waals surface area contributed by atoms with Gasteiger partial charge in [-0.1, -0.05) is 17.7 Å². The van der Waals surface area contributed by atoms with Crippen molar-refractivity contribution in [3.8, 4) is 0 Å². The SMILES string of the molecule is COC(=O)CC1C(=O)NCCN1CC(=O)N(C)Cc1c(F)cccc1Cl. The van der Waals surface area contributed by atoms with Crippen molar-refractivity contribution < 1.29 is 23.5 Å². The van der Waals surface area contributed by atoms with Gasteiger partial charge in [-0.15, -0.1) is 0 Å². The molecule has 1 N–H and O–H groups in total. The first-order valence-electron chi connectivity index (χ1n) is 8.09. The molecule has 0 spiro atoms. The average Bonchev–Trinajstić information content (AvgIpc) is 2.60. The maximum Gasteiger partial charge on any atom is 0.307 e. The van der Waals surface area contributed by atoms with Crippen molar-refractivity contribution in [1.82, 2.24) is 15.1 Å². The lowest BCUT2D eigenvalue weighted by atomic mass is 10.1. The number of piperazine rings is 1. The van der Waals surface area contributed by atoms with E-state index in [1.54, 1.807) is 11.0 Å². The van der Waals surface area contributed by atoms with Crippen LogP contribution in [-0.2, 0) is 25.7 Å². The summed E-state index contributed by atoms with van der Waals surface area (Å²) >= 11 is 5.99. The minimum absolute atomic E-state index is 0.00600. The third kappa shape index (κ3) is 4.92. The second kappa shape index (κ2) is 8.95. The fourth-order valence-electron chi connectivity index (χ4n) is 2.72. The lowest BCUT2D eigenvalue weighted by Crippen LogP contribution is -2.58. The number of rotatable bonds is 6. The lowest BCUT2D eigenvalue weighted by Gasteiger charge is -2.34. The van der Waals surface area contributed by atoms with Crippen molar-refractivity contribution in [3.05, 3.63) is 34.6 Å². The minimum Gasteiger partial charge on any atom is -0.469 e. The number of methoxy groups -OCH3 is 1. The quantitative estimate of drug-likeness (QED) is 0.733. The van der Waals surface area contributed by atoms with E-state index in [-0.39, 0.29) is 41.9 Å². The van der Waals surface area contributed by atoms with Crippen LogP contribution in [0.2, 0.25) is 5.02 Å². The van der Waals surface area contributed by atoms with Gasteiger partial charge in [0.05, 0.1) is 20.1 Å². The van der Waals surface area contributed by atoms with Crippen molar-refractivity contribution in [2.45, 2.75) is 19.0 Å². The number of likely N-dealkylation sites (N-methyl/N-ethyl adjacent to an activating group) is 1. The number of hydrogen-bond acceptors (Lipinski definition) is 5. The Morgan fingerprint density at radius 2 is 2.19 bits per heavy atom. The van der Waals surface area contributed by atoms with Gasteiger partial charge in [0, 0.05) is 37.3 Å². The van der Waals surface area contributed by atoms with E-state index in [0.717, 1.165) is 0 Å². The lowest BCUT2D eigenvalue weighted by molar-refractivity contribution is -0.147. The molecular weight excluding hydrogens is 365 g/mol. The number of benzene rings is 1. The third-order valence-corrected chi connectivity index (χ3v) is 4.60. The zero-order chi connectivity index (χ0) is 19.3. The molecule has 0 bridgehead atoms. The van der Waals surface area contributed by atoms with Gasteiger partial charge in [0.25, 0.3) is 0 Å². The Balaban J connectivity index is 2.04. The number of nitrogens with one attached hydrogen (secondary N) is 1. The number of halogens is 2. The highest BCUT2D eigenvalue weighted by molar-refractivity contribution is 6.31. The standard InChI is InChI=1S/C17H21ClFN3O4/c1-21(9-11-12(18)4-3-5-13(11)19)15(23)10-22-7-6-20-17(25)14(22)8-16(24)26-2/h3-5,14H,6-10H2,1-2H3,(H,20,25). The van der Waals surface area contributed by atoms with E-state index >= 15 is 0 Å². The highest BCUT2D eigenvalue weighted by atomic mass is 35.5. The first kappa shape index (κ1) is 20.1. The first-order valence-corrected chi connectivity index (χ1v) is 8.46. The molecule has 2 rings (SSSR count). The van der Waals surface area contributed by atoms with E-state index in [2.05, 4.69) is 10.1 Å². The van der Waals surface area contributed by atoms with Crippen molar-refractivity contribution in [2.75, 3.05) is 33.8 Å². The number of carbonyl (C=O) groups is 3. The second-order valence-corrected chi connectivity index (χ2v) is 6.41. The van der Waals surface area contributed by atoms with Crippen molar-refractivity contribution in [1.29, 1.82) is 0 Å². The molecule has 0 aliphatic carbocycles. The molecule has 1 aliphatic heterocycles. The molecule has 1 aliphatic rings. The summed E-state index contributed by atoms with van der Waals surface area (Å²) in [6, 6.07) is 3.55. The number of hydrogen-bond donors (Lipinski definition) is 1. The largest absolute Gasteiger partial charge is 0.469 e. The summed E-state index contributed by atoms with van der Waals surface area (Å²) in [5.74, 6) is -1.66. The molecule has 1 fully saturated rings. The Bertz CT molecular complexity index is 680. The van der Waals surface area contributed by atoms with Crippen LogP contribution in [-0.4, -0.2) is 67.4 Å². The van der Waals surface area contributed by atoms with Crippen LogP contribution in [0.5, 0.6) is 0 Å². The number of amides is 2. The zero-order valence-corrected chi connectivity index (χ0v) is 15.4. The van der Waals surface area contributed by atoms with Crippen LogP contribution in [0, 0.1) is 5.82 Å². The van der Waals surface area contributed by atoms with E-state index < -0.39 is 17.8 Å². The number of nitrogens with zero attached hydrogens (tertiary/aromatic N) is 2. The van der Waals surface area contributed by atoms with E-state index in [9.17, 15) is 18.8 Å². The summed E-state index contributed by atoms with van der Waals surface area (Å²) in [6.07, 6.45) is -0.140. The van der Waals surface area contributed by atoms with E-state index in [4.69, 9.17) is 11.6 Å². The molecule has 2 amide bonds. The van der Waals surface area contributed by atoms with E-state index in [1.165, 1.54) is 31.2 Å². The molecule has 0 radical (unpaired) electrons. The molecule has 0 saturated carbocycles. The molecule has 1 aromatic rings. The highest BCUT2D eigenvalue weighted by Gasteiger charge is 2.33. The summed E-state index contributed by atoms with van der Waals surface area (Å²) in [5, 5.41) is 2.91. The summed E-state index contributed by atoms with van der Waals surface area (Å²) in [5.41, 5.74) is 0.229. The molecule has 142 valence electrons. The van der Waals surface area contributed by atoms with Gasteiger partial charge in [-0.2, -0.15) is 0 Å². The topological polar surface area (TPSA) is 79.0 Å². The van der Waals surface area contributed by atoms with Gasteiger partial charge in [-0.3, -0.25) is 19.3 Å². The van der Waals surface area contributed by atoms with Crippen LogP contribution in [0.4, 0.5) is 4.39 Å². The average molecular weight is 386 g/mol. The maximum atomic E-state index is 13.9. The molecule has 0 aromatic heterocycles. The normalized spacial score (nSPS) is 17.5. The Labute approximate surface area is 156 Å². The Morgan fingerprint density at radius 3 is 2.85 bits per heavy atom. The van der Waals surface area contributed by atoms with Gasteiger partial charge >= 0.3 is 5.97 Å². The van der Waals surface area contributed by atoms with Crippen LogP contribution in [0.15, 0.2) is 18.2 Å². The Hall–Kier alpha value is -2.19. The predicted octanol–water partition coefficient (Wildman–Crippen LogP) is 0.801. The molecule has 1 heterocycles. The van der Waals surface area contributed by atoms with Crippen LogP contribution in [0.1, 0.15) is 12.0 Å². The Kier molecular flexibility index (Phi) is 6.93. The smallest absolute Gasteiger partial charge is 0.307 e. The maximum absolute atomic E-state index is 13.9. The highest BCUT2D eigenvalue weighted by Crippen LogP contribution is 2.20. The molecule has 7 nitrogen and oxygen atoms in total. The monoisotopic (exact) mass is 385 g/mol. The van der Waals surface area contributed by atoms with Crippen LogP contribution in [0.3, 0.4) is 0 Å². The summed E-state index contributed by atoms with van der Waals surface area (Å²) in [7, 11) is 2.77. The van der Waals surface area contributed by atoms with Crippen LogP contribution < -0.4 is 5.32 Å². The molecular formula is C17H21ClFN3O4. The molecule has 1 atom stereocenters. The molecule has 1 saturated heterocycles. The predicted molar refractivity (Wildman–Crippen MR) is 92.9 cm³/mol. The fourth-order valence-corrected chi connectivity index (χ4v) is 2.94. The zero-order valence-electron chi connectivity index (χ0n) is 14.6. The van der Waals surface area contributed by atoms with Crippen molar-refractivity contribution in [3.63, 3.8) is 0 Å². The van der Waals surface area contributed by atoms with Gasteiger partial charge in [0.2, 0.25) is 11.8 Å². The number of ether oxygens (including phenoxy) is 1. The molecule has 26 heavy (non-hydrogen) atoms. The molecule has 9 heteroatoms. The summed E-state index contributed by atoms with van der Waals surface area (Å²) < 4.78 is 18.5. The summed E-state index contributed by atoms with van der Waals surface area (Å²) in [4.78, 5) is 39.0. The van der Waals surface area contributed by atoms with Gasteiger partial charge in [0.1, 0.15) is 11.9 Å². The van der Waals surface area contributed by atoms with Crippen LogP contribution >= 0.6 is 11.6 Å². The van der Waals surface area contributed by atoms with Gasteiger partial charge in [0.15, 0.2) is 0 Å². The fraction of sp³-hybridized carbons (Fsp3) is 0.471. The van der Waals surface area contributed by atoms with Gasteiger partial charge < -0.3 is 15.0 Å². The number of esters is 1.